The van der Waals surface area contributed by atoms with Crippen LogP contribution in [-0.2, 0) is 14.3 Å². The van der Waals surface area contributed by atoms with Gasteiger partial charge >= 0.3 is 5.97 Å². The summed E-state index contributed by atoms with van der Waals surface area (Å²) < 4.78 is 5.31. The van der Waals surface area contributed by atoms with Crippen LogP contribution in [0.1, 0.15) is 43.5 Å². The highest BCUT2D eigenvalue weighted by Gasteiger charge is 2.24. The second-order valence-electron chi connectivity index (χ2n) is 6.74. The van der Waals surface area contributed by atoms with Crippen LogP contribution >= 0.6 is 0 Å². The van der Waals surface area contributed by atoms with Crippen LogP contribution in [0.15, 0.2) is 24.3 Å². The van der Waals surface area contributed by atoms with Gasteiger partial charge in [-0.1, -0.05) is 6.92 Å². The van der Waals surface area contributed by atoms with E-state index in [0.29, 0.717) is 44.7 Å². The number of benzene rings is 1. The maximum atomic E-state index is 12.9. The molecule has 0 spiro atoms. The molecule has 1 saturated heterocycles. The van der Waals surface area contributed by atoms with Crippen molar-refractivity contribution in [1.82, 2.24) is 4.90 Å². The molecule has 1 aliphatic heterocycles. The van der Waals surface area contributed by atoms with E-state index in [4.69, 9.17) is 4.74 Å². The molecule has 1 heterocycles. The third-order valence-corrected chi connectivity index (χ3v) is 4.62. The van der Waals surface area contributed by atoms with Crippen molar-refractivity contribution < 1.29 is 24.2 Å². The molecular weight excluding hydrogens is 348 g/mol. The number of nitrogens with zero attached hydrogens (tertiary/aromatic N) is 2. The molecule has 0 saturated carbocycles. The zero-order chi connectivity index (χ0) is 19.8. The van der Waals surface area contributed by atoms with Gasteiger partial charge in [-0.25, -0.2) is 0 Å². The third kappa shape index (κ3) is 5.79. The van der Waals surface area contributed by atoms with Gasteiger partial charge in [0.05, 0.1) is 5.92 Å². The van der Waals surface area contributed by atoms with Crippen LogP contribution in [0.4, 0.5) is 5.69 Å². The highest BCUT2D eigenvalue weighted by atomic mass is 16.5. The number of hydrogen-bond acceptors (Lipinski definition) is 4. The first kappa shape index (κ1) is 20.9. The SMILES string of the molecule is CCOCCCN(CC(C)C(=O)O)C(=O)c1ccc(N2CCCC2=O)cc1. The van der Waals surface area contributed by atoms with Crippen LogP contribution in [-0.4, -0.2) is 60.6 Å². The van der Waals surface area contributed by atoms with E-state index in [-0.39, 0.29) is 18.4 Å². The normalized spacial score (nSPS) is 15.0. The molecule has 27 heavy (non-hydrogen) atoms. The minimum atomic E-state index is -0.930. The summed E-state index contributed by atoms with van der Waals surface area (Å²) in [5.74, 6) is -1.69. The fraction of sp³-hybridized carbons (Fsp3) is 0.550. The van der Waals surface area contributed by atoms with Gasteiger partial charge in [-0.2, -0.15) is 0 Å². The molecule has 1 fully saturated rings. The molecule has 0 aromatic heterocycles. The van der Waals surface area contributed by atoms with Crippen LogP contribution in [0, 0.1) is 5.92 Å². The Bertz CT molecular complexity index is 659. The number of anilines is 1. The lowest BCUT2D eigenvalue weighted by Gasteiger charge is -2.25. The van der Waals surface area contributed by atoms with Crippen LogP contribution in [0.25, 0.3) is 0 Å². The Hall–Kier alpha value is -2.41. The molecular formula is C20H28N2O5. The number of aliphatic carboxylic acids is 1. The van der Waals surface area contributed by atoms with Crippen molar-refractivity contribution in [2.45, 2.75) is 33.1 Å². The summed E-state index contributed by atoms with van der Waals surface area (Å²) in [6.45, 7) is 5.91. The highest BCUT2D eigenvalue weighted by molar-refractivity contribution is 5.97. The topological polar surface area (TPSA) is 87.2 Å². The Morgan fingerprint density at radius 3 is 2.56 bits per heavy atom. The van der Waals surface area contributed by atoms with E-state index in [9.17, 15) is 19.5 Å². The van der Waals surface area contributed by atoms with Gasteiger partial charge < -0.3 is 19.6 Å². The third-order valence-electron chi connectivity index (χ3n) is 4.62. The van der Waals surface area contributed by atoms with Gasteiger partial charge in [-0.3, -0.25) is 14.4 Å². The molecule has 1 unspecified atom stereocenters. The van der Waals surface area contributed by atoms with Crippen molar-refractivity contribution in [1.29, 1.82) is 0 Å². The predicted molar refractivity (Wildman–Crippen MR) is 102 cm³/mol. The van der Waals surface area contributed by atoms with E-state index >= 15 is 0 Å². The average molecular weight is 376 g/mol. The molecule has 2 rings (SSSR count). The Balaban J connectivity index is 2.07. The lowest BCUT2D eigenvalue weighted by Crippen LogP contribution is -2.38. The molecule has 0 bridgehead atoms. The van der Waals surface area contributed by atoms with Crippen molar-refractivity contribution >= 4 is 23.5 Å². The number of rotatable bonds is 10. The summed E-state index contributed by atoms with van der Waals surface area (Å²) in [6, 6.07) is 6.94. The Morgan fingerprint density at radius 1 is 1.30 bits per heavy atom. The molecule has 7 heteroatoms. The summed E-state index contributed by atoms with van der Waals surface area (Å²) >= 11 is 0. The number of carboxylic acid groups (broad SMARTS) is 1. The number of carbonyl (C=O) groups excluding carboxylic acids is 2. The van der Waals surface area contributed by atoms with Crippen molar-refractivity contribution in [3.05, 3.63) is 29.8 Å². The highest BCUT2D eigenvalue weighted by Crippen LogP contribution is 2.22. The van der Waals surface area contributed by atoms with Crippen LogP contribution in [0.3, 0.4) is 0 Å². The Kier molecular flexibility index (Phi) is 7.79. The molecule has 1 atom stereocenters. The van der Waals surface area contributed by atoms with Gasteiger partial charge in [0.15, 0.2) is 0 Å². The van der Waals surface area contributed by atoms with E-state index < -0.39 is 11.9 Å². The molecule has 148 valence electrons. The Morgan fingerprint density at radius 2 is 2.00 bits per heavy atom. The minimum Gasteiger partial charge on any atom is -0.481 e. The minimum absolute atomic E-state index is 0.0990. The smallest absolute Gasteiger partial charge is 0.308 e. The molecule has 2 amide bonds. The van der Waals surface area contributed by atoms with E-state index in [2.05, 4.69) is 0 Å². The number of amides is 2. The lowest BCUT2D eigenvalue weighted by atomic mass is 10.1. The predicted octanol–water partition coefficient (Wildman–Crippen LogP) is 2.40. The number of carboxylic acids is 1. The Labute approximate surface area is 159 Å². The first-order chi connectivity index (χ1) is 12.9. The van der Waals surface area contributed by atoms with Crippen molar-refractivity contribution in [2.75, 3.05) is 37.7 Å². The van der Waals surface area contributed by atoms with Crippen LogP contribution in [0.2, 0.25) is 0 Å². The fourth-order valence-corrected chi connectivity index (χ4v) is 3.07. The van der Waals surface area contributed by atoms with Gasteiger partial charge in [0.2, 0.25) is 5.91 Å². The summed E-state index contributed by atoms with van der Waals surface area (Å²) in [4.78, 5) is 39.2. The molecule has 0 aliphatic carbocycles. The summed E-state index contributed by atoms with van der Waals surface area (Å²) in [6.07, 6.45) is 2.05. The standard InChI is InChI=1S/C20H28N2O5/c1-3-27-13-5-11-21(14-15(2)20(25)26)19(24)16-7-9-17(10-8-16)22-12-4-6-18(22)23/h7-10,15H,3-6,11-14H2,1-2H3,(H,25,26). The lowest BCUT2D eigenvalue weighted by molar-refractivity contribution is -0.141. The van der Waals surface area contributed by atoms with E-state index in [0.717, 1.165) is 12.1 Å². The molecule has 7 nitrogen and oxygen atoms in total. The van der Waals surface area contributed by atoms with Crippen LogP contribution in [0.5, 0.6) is 0 Å². The molecule has 1 aromatic rings. The van der Waals surface area contributed by atoms with Gasteiger partial charge in [0.25, 0.3) is 5.91 Å². The zero-order valence-electron chi connectivity index (χ0n) is 16.0. The molecule has 1 aliphatic rings. The van der Waals surface area contributed by atoms with Gasteiger partial charge in [-0.15, -0.1) is 0 Å². The number of carbonyl (C=O) groups is 3. The maximum Gasteiger partial charge on any atom is 0.308 e. The van der Waals surface area contributed by atoms with Crippen molar-refractivity contribution in [3.8, 4) is 0 Å². The van der Waals surface area contributed by atoms with Crippen molar-refractivity contribution in [2.24, 2.45) is 5.92 Å². The summed E-state index contributed by atoms with van der Waals surface area (Å²) in [7, 11) is 0. The molecule has 0 radical (unpaired) electrons. The van der Waals surface area contributed by atoms with E-state index in [1.807, 2.05) is 6.92 Å². The summed E-state index contributed by atoms with van der Waals surface area (Å²) in [5, 5.41) is 9.18. The first-order valence-electron chi connectivity index (χ1n) is 9.44. The largest absolute Gasteiger partial charge is 0.481 e. The van der Waals surface area contributed by atoms with Gasteiger partial charge in [-0.05, 0) is 44.0 Å². The van der Waals surface area contributed by atoms with Crippen molar-refractivity contribution in [3.63, 3.8) is 0 Å². The van der Waals surface area contributed by atoms with E-state index in [1.54, 1.807) is 41.0 Å². The summed E-state index contributed by atoms with van der Waals surface area (Å²) in [5.41, 5.74) is 1.27. The molecule has 1 aromatic carbocycles. The monoisotopic (exact) mass is 376 g/mol. The fourth-order valence-electron chi connectivity index (χ4n) is 3.07. The van der Waals surface area contributed by atoms with Gasteiger partial charge in [0, 0.05) is 50.5 Å². The van der Waals surface area contributed by atoms with Gasteiger partial charge in [0.1, 0.15) is 0 Å². The quantitative estimate of drug-likeness (QED) is 0.634. The second kappa shape index (κ2) is 10.1. The van der Waals surface area contributed by atoms with E-state index in [1.165, 1.54) is 0 Å². The number of hydrogen-bond donors (Lipinski definition) is 1. The zero-order valence-corrected chi connectivity index (χ0v) is 16.0. The first-order valence-corrected chi connectivity index (χ1v) is 9.44. The molecule has 1 N–H and O–H groups in total. The second-order valence-corrected chi connectivity index (χ2v) is 6.74. The average Bonchev–Trinajstić information content (AvgIpc) is 3.09. The number of ether oxygens (including phenoxy) is 1. The maximum absolute atomic E-state index is 12.9. The van der Waals surface area contributed by atoms with Crippen LogP contribution < -0.4 is 4.90 Å².